The van der Waals surface area contributed by atoms with Gasteiger partial charge in [-0.25, -0.2) is 19.2 Å². The van der Waals surface area contributed by atoms with Gasteiger partial charge in [-0.2, -0.15) is 0 Å². The molecule has 0 unspecified atom stereocenters. The number of aromatic nitrogens is 2. The molecule has 2 aromatic rings. The first-order valence-corrected chi connectivity index (χ1v) is 5.16. The van der Waals surface area contributed by atoms with Crippen molar-refractivity contribution >= 4 is 11.8 Å². The van der Waals surface area contributed by atoms with Crippen LogP contribution in [-0.2, 0) is 0 Å². The van der Waals surface area contributed by atoms with Gasteiger partial charge in [0.05, 0.1) is 0 Å². The third kappa shape index (κ3) is 2.42. The Kier molecular flexibility index (Phi) is 3.18. The van der Waals surface area contributed by atoms with Crippen LogP contribution >= 0.6 is 0 Å². The van der Waals surface area contributed by atoms with E-state index in [-0.39, 0.29) is 11.5 Å². The van der Waals surface area contributed by atoms with E-state index in [1.807, 2.05) is 0 Å². The van der Waals surface area contributed by atoms with Crippen molar-refractivity contribution in [1.82, 2.24) is 9.97 Å². The Bertz CT molecular complexity index is 602. The lowest BCUT2D eigenvalue weighted by Gasteiger charge is -2.05. The minimum absolute atomic E-state index is 0.145. The molecule has 0 aliphatic rings. The number of aromatic carboxylic acids is 1. The summed E-state index contributed by atoms with van der Waals surface area (Å²) in [6.45, 7) is 0. The topological polar surface area (TPSA) is 75.1 Å². The summed E-state index contributed by atoms with van der Waals surface area (Å²) in [5.41, 5.74) is 0.281. The van der Waals surface area contributed by atoms with E-state index in [1.54, 1.807) is 13.1 Å². The van der Waals surface area contributed by atoms with Crippen LogP contribution in [0, 0.1) is 5.82 Å². The van der Waals surface area contributed by atoms with E-state index >= 15 is 0 Å². The molecule has 0 saturated carbocycles. The zero-order valence-corrected chi connectivity index (χ0v) is 9.51. The van der Waals surface area contributed by atoms with Crippen LogP contribution in [0.3, 0.4) is 0 Å². The van der Waals surface area contributed by atoms with E-state index in [0.29, 0.717) is 11.4 Å². The number of carboxylic acid groups (broad SMARTS) is 1. The normalized spacial score (nSPS) is 10.1. The zero-order valence-electron chi connectivity index (χ0n) is 9.51. The van der Waals surface area contributed by atoms with Crippen molar-refractivity contribution in [2.45, 2.75) is 0 Å². The van der Waals surface area contributed by atoms with Gasteiger partial charge in [0.15, 0.2) is 11.5 Å². The minimum atomic E-state index is -1.16. The van der Waals surface area contributed by atoms with Crippen molar-refractivity contribution in [3.05, 3.63) is 41.8 Å². The van der Waals surface area contributed by atoms with Crippen molar-refractivity contribution in [3.8, 4) is 11.4 Å². The number of hydrogen-bond acceptors (Lipinski definition) is 4. The zero-order chi connectivity index (χ0) is 13.1. The number of halogens is 1. The number of carbonyl (C=O) groups is 1. The number of nitrogens with zero attached hydrogens (tertiary/aromatic N) is 2. The summed E-state index contributed by atoms with van der Waals surface area (Å²) in [7, 11) is 1.61. The monoisotopic (exact) mass is 247 g/mol. The molecule has 0 saturated heterocycles. The molecule has 1 aromatic heterocycles. The largest absolute Gasteiger partial charge is 0.477 e. The molecule has 0 amide bonds. The Hall–Kier alpha value is -2.50. The number of hydrogen-bond donors (Lipinski definition) is 2. The average molecular weight is 247 g/mol. The molecule has 6 heteroatoms. The van der Waals surface area contributed by atoms with E-state index in [2.05, 4.69) is 15.3 Å². The van der Waals surface area contributed by atoms with Crippen LogP contribution in [0.25, 0.3) is 11.4 Å². The first kappa shape index (κ1) is 12.0. The highest BCUT2D eigenvalue weighted by atomic mass is 19.1. The minimum Gasteiger partial charge on any atom is -0.477 e. The summed E-state index contributed by atoms with van der Waals surface area (Å²) < 4.78 is 13.1. The van der Waals surface area contributed by atoms with Gasteiger partial charge in [0.2, 0.25) is 0 Å². The first-order chi connectivity index (χ1) is 8.60. The van der Waals surface area contributed by atoms with Crippen LogP contribution in [0.15, 0.2) is 30.3 Å². The van der Waals surface area contributed by atoms with Crippen LogP contribution in [0.4, 0.5) is 10.2 Å². The van der Waals surface area contributed by atoms with E-state index in [0.717, 1.165) is 0 Å². The second kappa shape index (κ2) is 4.79. The lowest BCUT2D eigenvalue weighted by Crippen LogP contribution is -2.05. The molecule has 0 aliphatic carbocycles. The second-order valence-electron chi connectivity index (χ2n) is 3.53. The summed E-state index contributed by atoms with van der Waals surface area (Å²) >= 11 is 0. The van der Waals surface area contributed by atoms with Gasteiger partial charge in [-0.1, -0.05) is 12.1 Å². The van der Waals surface area contributed by atoms with Gasteiger partial charge in [0.1, 0.15) is 11.6 Å². The molecule has 0 fully saturated rings. The fourth-order valence-corrected chi connectivity index (χ4v) is 1.44. The van der Waals surface area contributed by atoms with Crippen molar-refractivity contribution in [2.24, 2.45) is 0 Å². The Balaban J connectivity index is 2.56. The van der Waals surface area contributed by atoms with Crippen LogP contribution in [0.1, 0.15) is 10.5 Å². The molecule has 0 radical (unpaired) electrons. The van der Waals surface area contributed by atoms with Crippen molar-refractivity contribution < 1.29 is 14.3 Å². The molecule has 2 N–H and O–H groups in total. The maximum atomic E-state index is 13.1. The predicted molar refractivity (Wildman–Crippen MR) is 63.9 cm³/mol. The van der Waals surface area contributed by atoms with Gasteiger partial charge >= 0.3 is 5.97 Å². The Morgan fingerprint density at radius 2 is 2.11 bits per heavy atom. The highest BCUT2D eigenvalue weighted by molar-refractivity contribution is 5.86. The van der Waals surface area contributed by atoms with E-state index in [4.69, 9.17) is 5.11 Å². The number of anilines is 1. The summed E-state index contributed by atoms with van der Waals surface area (Å²) in [6, 6.07) is 6.99. The summed E-state index contributed by atoms with van der Waals surface area (Å²) in [5.74, 6) is -1.06. The van der Waals surface area contributed by atoms with Gasteiger partial charge in [-0.15, -0.1) is 0 Å². The fourth-order valence-electron chi connectivity index (χ4n) is 1.44. The summed E-state index contributed by atoms with van der Waals surface area (Å²) in [6.07, 6.45) is 0. The smallest absolute Gasteiger partial charge is 0.354 e. The third-order valence-electron chi connectivity index (χ3n) is 2.28. The SMILES string of the molecule is CNc1cc(C(=O)O)nc(-c2cccc(F)c2)n1. The van der Waals surface area contributed by atoms with Gasteiger partial charge in [-0.3, -0.25) is 0 Å². The lowest BCUT2D eigenvalue weighted by atomic mass is 10.2. The van der Waals surface area contributed by atoms with Gasteiger partial charge in [0, 0.05) is 18.7 Å². The Morgan fingerprint density at radius 1 is 1.33 bits per heavy atom. The average Bonchev–Trinajstić information content (AvgIpc) is 2.38. The molecule has 1 aromatic carbocycles. The number of rotatable bonds is 3. The number of benzene rings is 1. The van der Waals surface area contributed by atoms with Crippen LogP contribution in [-0.4, -0.2) is 28.1 Å². The van der Waals surface area contributed by atoms with E-state index < -0.39 is 11.8 Å². The maximum absolute atomic E-state index is 13.1. The highest BCUT2D eigenvalue weighted by Gasteiger charge is 2.11. The maximum Gasteiger partial charge on any atom is 0.354 e. The predicted octanol–water partition coefficient (Wildman–Crippen LogP) is 2.02. The summed E-state index contributed by atoms with van der Waals surface area (Å²) in [5, 5.41) is 11.7. The lowest BCUT2D eigenvalue weighted by molar-refractivity contribution is 0.0690. The molecule has 0 atom stereocenters. The second-order valence-corrected chi connectivity index (χ2v) is 3.53. The molecule has 0 bridgehead atoms. The molecular weight excluding hydrogens is 237 g/mol. The number of nitrogens with one attached hydrogen (secondary N) is 1. The summed E-state index contributed by atoms with van der Waals surface area (Å²) in [4.78, 5) is 18.9. The molecule has 5 nitrogen and oxygen atoms in total. The Morgan fingerprint density at radius 3 is 2.72 bits per heavy atom. The highest BCUT2D eigenvalue weighted by Crippen LogP contribution is 2.18. The van der Waals surface area contributed by atoms with Crippen LogP contribution < -0.4 is 5.32 Å². The fraction of sp³-hybridized carbons (Fsp3) is 0.0833. The van der Waals surface area contributed by atoms with Gasteiger partial charge in [-0.05, 0) is 12.1 Å². The molecule has 18 heavy (non-hydrogen) atoms. The van der Waals surface area contributed by atoms with E-state index in [1.165, 1.54) is 24.3 Å². The standard InChI is InChI=1S/C12H10FN3O2/c1-14-10-6-9(12(17)18)15-11(16-10)7-3-2-4-8(13)5-7/h2-6H,1H3,(H,17,18)(H,14,15,16). The van der Waals surface area contributed by atoms with Crippen molar-refractivity contribution in [1.29, 1.82) is 0 Å². The van der Waals surface area contributed by atoms with Gasteiger partial charge in [0.25, 0.3) is 0 Å². The van der Waals surface area contributed by atoms with E-state index in [9.17, 15) is 9.18 Å². The van der Waals surface area contributed by atoms with Crippen molar-refractivity contribution in [2.75, 3.05) is 12.4 Å². The molecule has 2 rings (SSSR count). The van der Waals surface area contributed by atoms with Crippen LogP contribution in [0.2, 0.25) is 0 Å². The molecular formula is C12H10FN3O2. The first-order valence-electron chi connectivity index (χ1n) is 5.16. The molecule has 0 aliphatic heterocycles. The molecule has 1 heterocycles. The van der Waals surface area contributed by atoms with Crippen LogP contribution in [0.5, 0.6) is 0 Å². The van der Waals surface area contributed by atoms with Gasteiger partial charge < -0.3 is 10.4 Å². The number of carboxylic acids is 1. The molecule has 92 valence electrons. The third-order valence-corrected chi connectivity index (χ3v) is 2.28. The molecule has 0 spiro atoms. The van der Waals surface area contributed by atoms with Crippen molar-refractivity contribution in [3.63, 3.8) is 0 Å². The Labute approximate surface area is 102 Å². The quantitative estimate of drug-likeness (QED) is 0.867.